The van der Waals surface area contributed by atoms with Gasteiger partial charge in [0.25, 0.3) is 5.22 Å². The van der Waals surface area contributed by atoms with Crippen LogP contribution in [0.1, 0.15) is 42.3 Å². The number of carbonyl (C=O) groups excluding carboxylic acids is 1. The minimum Gasteiger partial charge on any atom is -0.416 e. The third-order valence-electron chi connectivity index (χ3n) is 3.19. The first-order chi connectivity index (χ1) is 9.70. The van der Waals surface area contributed by atoms with Crippen molar-refractivity contribution in [2.45, 2.75) is 49.5 Å². The summed E-state index contributed by atoms with van der Waals surface area (Å²) in [5, 5.41) is 11.5. The predicted octanol–water partition coefficient (Wildman–Crippen LogP) is 3.03. The summed E-state index contributed by atoms with van der Waals surface area (Å²) >= 11 is 3.01. The SMILES string of the molecule is Cc1nc(Cc2nnc(SC3CCCCC3=O)o2)cs1. The second-order valence-corrected chi connectivity index (χ2v) is 7.03. The van der Waals surface area contributed by atoms with Gasteiger partial charge in [0.05, 0.1) is 22.4 Å². The van der Waals surface area contributed by atoms with Gasteiger partial charge in [0.15, 0.2) is 0 Å². The third kappa shape index (κ3) is 3.27. The zero-order valence-electron chi connectivity index (χ0n) is 11.2. The van der Waals surface area contributed by atoms with E-state index in [2.05, 4.69) is 15.2 Å². The van der Waals surface area contributed by atoms with E-state index in [-0.39, 0.29) is 5.25 Å². The molecule has 1 fully saturated rings. The average Bonchev–Trinajstić information content (AvgIpc) is 3.02. The highest BCUT2D eigenvalue weighted by Gasteiger charge is 2.25. The van der Waals surface area contributed by atoms with Gasteiger partial charge in [-0.2, -0.15) is 0 Å². The number of aromatic nitrogens is 3. The molecule has 0 radical (unpaired) electrons. The van der Waals surface area contributed by atoms with Gasteiger partial charge >= 0.3 is 0 Å². The van der Waals surface area contributed by atoms with Crippen molar-refractivity contribution in [3.05, 3.63) is 22.0 Å². The van der Waals surface area contributed by atoms with Crippen molar-refractivity contribution in [3.8, 4) is 0 Å². The second-order valence-electron chi connectivity index (χ2n) is 4.81. The Morgan fingerprint density at radius 3 is 3.10 bits per heavy atom. The fraction of sp³-hybridized carbons (Fsp3) is 0.538. The third-order valence-corrected chi connectivity index (χ3v) is 5.16. The largest absolute Gasteiger partial charge is 0.416 e. The van der Waals surface area contributed by atoms with Crippen LogP contribution in [0.4, 0.5) is 0 Å². The summed E-state index contributed by atoms with van der Waals surface area (Å²) in [5.74, 6) is 0.859. The number of thioether (sulfide) groups is 1. The van der Waals surface area contributed by atoms with Gasteiger partial charge in [-0.15, -0.1) is 21.5 Å². The average molecular weight is 309 g/mol. The normalized spacial score (nSPS) is 19.4. The first kappa shape index (κ1) is 13.8. The van der Waals surface area contributed by atoms with Gasteiger partial charge < -0.3 is 4.42 Å². The van der Waals surface area contributed by atoms with Crippen molar-refractivity contribution in [2.24, 2.45) is 0 Å². The minimum absolute atomic E-state index is 0.0152. The number of hydrogen-bond donors (Lipinski definition) is 0. The number of carbonyl (C=O) groups is 1. The number of rotatable bonds is 4. The summed E-state index contributed by atoms with van der Waals surface area (Å²) in [4.78, 5) is 16.2. The van der Waals surface area contributed by atoms with Crippen LogP contribution in [0.5, 0.6) is 0 Å². The number of Topliss-reactive ketones (excluding diaryl/α,β-unsaturated/α-hetero) is 1. The highest BCUT2D eigenvalue weighted by molar-refractivity contribution is 8.00. The highest BCUT2D eigenvalue weighted by Crippen LogP contribution is 2.31. The van der Waals surface area contributed by atoms with Crippen molar-refractivity contribution in [2.75, 3.05) is 0 Å². The van der Waals surface area contributed by atoms with E-state index in [1.165, 1.54) is 11.8 Å². The Morgan fingerprint density at radius 1 is 1.45 bits per heavy atom. The van der Waals surface area contributed by atoms with Gasteiger partial charge in [-0.25, -0.2) is 4.98 Å². The Kier molecular flexibility index (Phi) is 4.16. The van der Waals surface area contributed by atoms with Crippen molar-refractivity contribution >= 4 is 28.9 Å². The molecule has 106 valence electrons. The molecular formula is C13H15N3O2S2. The molecule has 7 heteroatoms. The molecule has 0 saturated heterocycles. The maximum absolute atomic E-state index is 11.8. The van der Waals surface area contributed by atoms with Gasteiger partial charge in [-0.3, -0.25) is 4.79 Å². The molecule has 1 aliphatic rings. The molecule has 2 aromatic heterocycles. The summed E-state index contributed by atoms with van der Waals surface area (Å²) in [6.07, 6.45) is 4.25. The quantitative estimate of drug-likeness (QED) is 0.864. The lowest BCUT2D eigenvalue weighted by Crippen LogP contribution is -2.21. The van der Waals surface area contributed by atoms with E-state index in [1.54, 1.807) is 11.3 Å². The number of thiazole rings is 1. The molecule has 1 aliphatic carbocycles. The Morgan fingerprint density at radius 2 is 2.35 bits per heavy atom. The molecule has 2 aromatic rings. The summed E-state index contributed by atoms with van der Waals surface area (Å²) in [7, 11) is 0. The Labute approximate surface area is 125 Å². The lowest BCUT2D eigenvalue weighted by molar-refractivity contribution is -0.119. The van der Waals surface area contributed by atoms with Crippen LogP contribution in [0, 0.1) is 6.92 Å². The molecule has 0 spiro atoms. The molecule has 1 saturated carbocycles. The number of aryl methyl sites for hydroxylation is 1. The molecule has 1 unspecified atom stereocenters. The van der Waals surface area contributed by atoms with Crippen molar-refractivity contribution in [1.82, 2.24) is 15.2 Å². The van der Waals surface area contributed by atoms with Gasteiger partial charge in [-0.1, -0.05) is 18.2 Å². The molecule has 5 nitrogen and oxygen atoms in total. The highest BCUT2D eigenvalue weighted by atomic mass is 32.2. The smallest absolute Gasteiger partial charge is 0.277 e. The summed E-state index contributed by atoms with van der Waals surface area (Å²) in [6, 6.07) is 0. The molecule has 0 aliphatic heterocycles. The molecule has 0 aromatic carbocycles. The molecule has 0 bridgehead atoms. The van der Waals surface area contributed by atoms with Crippen LogP contribution in [0.2, 0.25) is 0 Å². The maximum Gasteiger partial charge on any atom is 0.277 e. The van der Waals surface area contributed by atoms with Crippen molar-refractivity contribution in [3.63, 3.8) is 0 Å². The van der Waals surface area contributed by atoms with Crippen LogP contribution >= 0.6 is 23.1 Å². The van der Waals surface area contributed by atoms with E-state index < -0.39 is 0 Å². The fourth-order valence-electron chi connectivity index (χ4n) is 2.20. The van der Waals surface area contributed by atoms with Crippen molar-refractivity contribution < 1.29 is 9.21 Å². The number of hydrogen-bond acceptors (Lipinski definition) is 7. The van der Waals surface area contributed by atoms with Gasteiger partial charge in [0.2, 0.25) is 5.89 Å². The second kappa shape index (κ2) is 6.05. The van der Waals surface area contributed by atoms with E-state index in [9.17, 15) is 4.79 Å². The van der Waals surface area contributed by atoms with Crippen LogP contribution in [-0.4, -0.2) is 26.2 Å². The summed E-state index contributed by atoms with van der Waals surface area (Å²) < 4.78 is 5.60. The van der Waals surface area contributed by atoms with E-state index in [0.29, 0.717) is 29.7 Å². The van der Waals surface area contributed by atoms with Crippen LogP contribution in [0.15, 0.2) is 15.0 Å². The standard InChI is InChI=1S/C13H15N3O2S2/c1-8-14-9(7-19-8)6-12-15-16-13(18-12)20-11-5-3-2-4-10(11)17/h7,11H,2-6H2,1H3. The van der Waals surface area contributed by atoms with Crippen LogP contribution in [0.3, 0.4) is 0 Å². The van der Waals surface area contributed by atoms with E-state index in [0.717, 1.165) is 30.0 Å². The Hall–Kier alpha value is -1.21. The number of nitrogens with zero attached hydrogens (tertiary/aromatic N) is 3. The summed E-state index contributed by atoms with van der Waals surface area (Å²) in [5.41, 5.74) is 0.946. The zero-order valence-corrected chi connectivity index (χ0v) is 12.8. The van der Waals surface area contributed by atoms with Gasteiger partial charge in [0, 0.05) is 11.8 Å². The molecule has 3 rings (SSSR count). The first-order valence-electron chi connectivity index (χ1n) is 6.63. The van der Waals surface area contributed by atoms with E-state index >= 15 is 0 Å². The topological polar surface area (TPSA) is 68.9 Å². The number of ketones is 1. The summed E-state index contributed by atoms with van der Waals surface area (Å²) in [6.45, 7) is 1.97. The monoisotopic (exact) mass is 309 g/mol. The molecule has 1 atom stereocenters. The van der Waals surface area contributed by atoms with E-state index in [4.69, 9.17) is 4.42 Å². The molecule has 0 N–H and O–H groups in total. The predicted molar refractivity (Wildman–Crippen MR) is 77.1 cm³/mol. The Bertz CT molecular complexity index is 608. The molecule has 0 amide bonds. The van der Waals surface area contributed by atoms with E-state index in [1.807, 2.05) is 12.3 Å². The van der Waals surface area contributed by atoms with Gasteiger partial charge in [-0.05, 0) is 19.8 Å². The van der Waals surface area contributed by atoms with Crippen LogP contribution < -0.4 is 0 Å². The molecular weight excluding hydrogens is 294 g/mol. The molecule has 20 heavy (non-hydrogen) atoms. The fourth-order valence-corrected chi connectivity index (χ4v) is 3.82. The lowest BCUT2D eigenvalue weighted by atomic mass is 9.99. The molecule has 2 heterocycles. The van der Waals surface area contributed by atoms with Crippen LogP contribution in [0.25, 0.3) is 0 Å². The zero-order chi connectivity index (χ0) is 13.9. The minimum atomic E-state index is -0.0152. The lowest BCUT2D eigenvalue weighted by Gasteiger charge is -2.17. The first-order valence-corrected chi connectivity index (χ1v) is 8.39. The van der Waals surface area contributed by atoms with Crippen molar-refractivity contribution in [1.29, 1.82) is 0 Å². The Balaban J connectivity index is 1.63. The van der Waals surface area contributed by atoms with Gasteiger partial charge in [0.1, 0.15) is 5.78 Å². The van der Waals surface area contributed by atoms with Crippen LogP contribution in [-0.2, 0) is 11.2 Å². The maximum atomic E-state index is 11.8.